The van der Waals surface area contributed by atoms with Crippen LogP contribution in [0.25, 0.3) is 0 Å². The topological polar surface area (TPSA) is 74.6 Å². The van der Waals surface area contributed by atoms with Crippen molar-refractivity contribution in [3.8, 4) is 17.6 Å². The molecule has 3 N–H and O–H groups in total. The van der Waals surface area contributed by atoms with Crippen molar-refractivity contribution < 1.29 is 14.9 Å². The van der Waals surface area contributed by atoms with E-state index in [9.17, 15) is 10.2 Å². The van der Waals surface area contributed by atoms with Gasteiger partial charge in [0.15, 0.2) is 0 Å². The van der Waals surface area contributed by atoms with E-state index < -0.39 is 12.2 Å². The number of nitrogens with one attached hydrogen (secondary N) is 1. The van der Waals surface area contributed by atoms with Gasteiger partial charge in [-0.25, -0.2) is 0 Å². The van der Waals surface area contributed by atoms with Crippen LogP contribution >= 0.6 is 0 Å². The SMILES string of the molecule is CC#CC[C@@H](C)[C@H](O)C=C[C@@H]1[C@H]2c3cccc(CCCCNCc4ccncc4)c3O[C@H]2C[C@H]1O. The van der Waals surface area contributed by atoms with E-state index in [-0.39, 0.29) is 23.9 Å². The lowest BCUT2D eigenvalue weighted by atomic mass is 9.86. The first-order valence-corrected chi connectivity index (χ1v) is 12.9. The smallest absolute Gasteiger partial charge is 0.126 e. The maximum Gasteiger partial charge on any atom is 0.126 e. The highest BCUT2D eigenvalue weighted by atomic mass is 16.5. The highest BCUT2D eigenvalue weighted by molar-refractivity contribution is 5.49. The van der Waals surface area contributed by atoms with Crippen LogP contribution in [0.4, 0.5) is 0 Å². The molecule has 0 radical (unpaired) electrons. The molecule has 5 heteroatoms. The van der Waals surface area contributed by atoms with E-state index in [2.05, 4.69) is 40.3 Å². The fraction of sp³-hybridized carbons (Fsp3) is 0.500. The Morgan fingerprint density at radius 2 is 2.06 bits per heavy atom. The van der Waals surface area contributed by atoms with Crippen molar-refractivity contribution >= 4 is 0 Å². The van der Waals surface area contributed by atoms with Gasteiger partial charge in [0.05, 0.1) is 12.2 Å². The predicted octanol–water partition coefficient (Wildman–Crippen LogP) is 4.39. The predicted molar refractivity (Wildman–Crippen MR) is 139 cm³/mol. The van der Waals surface area contributed by atoms with E-state index in [1.807, 2.05) is 50.5 Å². The summed E-state index contributed by atoms with van der Waals surface area (Å²) in [6.45, 7) is 5.67. The molecule has 0 saturated heterocycles. The average molecular weight is 475 g/mol. The maximum atomic E-state index is 10.7. The Bertz CT molecular complexity index is 1040. The Kier molecular flexibility index (Phi) is 8.98. The number of hydrogen-bond acceptors (Lipinski definition) is 5. The number of aliphatic hydroxyl groups is 2. The lowest BCUT2D eigenvalue weighted by Gasteiger charge is -2.19. The van der Waals surface area contributed by atoms with E-state index in [0.717, 1.165) is 38.1 Å². The standard InChI is InChI=1S/C30H38N2O3/c1-3-4-8-21(2)26(33)13-12-24-27(34)19-28-29(24)25-11-7-10-23(30(25)35-28)9-5-6-16-32-20-22-14-17-31-18-15-22/h7,10-15,17-18,21,24,26-29,32-34H,5-6,8-9,16,19-20H2,1-2H3/t21-,24+,26-,27-,28+,29+/m1/s1. The third-order valence-corrected chi connectivity index (χ3v) is 7.33. The summed E-state index contributed by atoms with van der Waals surface area (Å²) in [5, 5.41) is 24.8. The van der Waals surface area contributed by atoms with Crippen molar-refractivity contribution in [2.45, 2.75) is 76.7 Å². The van der Waals surface area contributed by atoms with E-state index >= 15 is 0 Å². The van der Waals surface area contributed by atoms with Gasteiger partial charge in [-0.1, -0.05) is 37.3 Å². The molecule has 6 atom stereocenters. The Balaban J connectivity index is 1.33. The molecule has 0 bridgehead atoms. The molecule has 2 aromatic rings. The minimum absolute atomic E-state index is 0.00152. The van der Waals surface area contributed by atoms with Crippen LogP contribution in [0.1, 0.15) is 62.1 Å². The van der Waals surface area contributed by atoms with E-state index in [0.29, 0.717) is 12.8 Å². The van der Waals surface area contributed by atoms with Crippen LogP contribution in [0.5, 0.6) is 5.75 Å². The van der Waals surface area contributed by atoms with Gasteiger partial charge in [0, 0.05) is 49.2 Å². The van der Waals surface area contributed by atoms with Gasteiger partial charge in [-0.3, -0.25) is 4.98 Å². The largest absolute Gasteiger partial charge is 0.489 e. The van der Waals surface area contributed by atoms with Gasteiger partial charge in [0.25, 0.3) is 0 Å². The van der Waals surface area contributed by atoms with Gasteiger partial charge in [-0.05, 0) is 61.9 Å². The monoisotopic (exact) mass is 474 g/mol. The molecular formula is C30H38N2O3. The first-order chi connectivity index (χ1) is 17.1. The number of aryl methyl sites for hydroxylation is 1. The molecule has 1 aromatic carbocycles. The van der Waals surface area contributed by atoms with Crippen molar-refractivity contribution in [2.24, 2.45) is 11.8 Å². The highest BCUT2D eigenvalue weighted by Crippen LogP contribution is 2.52. The molecule has 4 rings (SSSR count). The van der Waals surface area contributed by atoms with Crippen molar-refractivity contribution in [3.05, 3.63) is 71.6 Å². The number of aliphatic hydroxyl groups excluding tert-OH is 2. The first-order valence-electron chi connectivity index (χ1n) is 12.9. The van der Waals surface area contributed by atoms with Crippen LogP contribution in [-0.2, 0) is 13.0 Å². The van der Waals surface area contributed by atoms with Crippen LogP contribution < -0.4 is 10.1 Å². The van der Waals surface area contributed by atoms with Crippen molar-refractivity contribution in [2.75, 3.05) is 6.54 Å². The van der Waals surface area contributed by atoms with Gasteiger partial charge in [0.1, 0.15) is 11.9 Å². The Morgan fingerprint density at radius 3 is 2.86 bits per heavy atom. The van der Waals surface area contributed by atoms with Crippen LogP contribution in [0.3, 0.4) is 0 Å². The second kappa shape index (κ2) is 12.4. The van der Waals surface area contributed by atoms with Gasteiger partial charge in [-0.2, -0.15) is 0 Å². The zero-order valence-corrected chi connectivity index (χ0v) is 20.9. The number of nitrogens with zero attached hydrogens (tertiary/aromatic N) is 1. The van der Waals surface area contributed by atoms with Crippen LogP contribution in [0.15, 0.2) is 54.9 Å². The highest BCUT2D eigenvalue weighted by Gasteiger charge is 2.48. The summed E-state index contributed by atoms with van der Waals surface area (Å²) in [7, 11) is 0. The third kappa shape index (κ3) is 6.32. The van der Waals surface area contributed by atoms with Crippen LogP contribution in [0.2, 0.25) is 0 Å². The molecule has 2 aliphatic rings. The lowest BCUT2D eigenvalue weighted by Crippen LogP contribution is -2.19. The van der Waals surface area contributed by atoms with E-state index in [1.54, 1.807) is 0 Å². The van der Waals surface area contributed by atoms with Crippen molar-refractivity contribution in [1.29, 1.82) is 0 Å². The summed E-state index contributed by atoms with van der Waals surface area (Å²) in [4.78, 5) is 4.06. The Hall–Kier alpha value is -2.65. The summed E-state index contributed by atoms with van der Waals surface area (Å²) < 4.78 is 6.41. The molecule has 0 unspecified atom stereocenters. The summed E-state index contributed by atoms with van der Waals surface area (Å²) in [6, 6.07) is 10.5. The summed E-state index contributed by atoms with van der Waals surface area (Å²) in [5.41, 5.74) is 3.71. The van der Waals surface area contributed by atoms with Crippen molar-refractivity contribution in [1.82, 2.24) is 10.3 Å². The molecule has 0 amide bonds. The first kappa shape index (κ1) is 25.4. The number of fused-ring (bicyclic) bond motifs is 3. The normalized spacial score (nSPS) is 24.3. The Morgan fingerprint density at radius 1 is 1.23 bits per heavy atom. The minimum atomic E-state index is -0.567. The summed E-state index contributed by atoms with van der Waals surface area (Å²) in [5.74, 6) is 7.09. The zero-order valence-electron chi connectivity index (χ0n) is 20.9. The molecule has 5 nitrogen and oxygen atoms in total. The number of para-hydroxylation sites is 1. The second-order valence-electron chi connectivity index (χ2n) is 9.87. The number of unbranched alkanes of at least 4 members (excludes halogenated alkanes) is 1. The molecule has 1 aliphatic carbocycles. The van der Waals surface area contributed by atoms with Crippen LogP contribution in [-0.4, -0.2) is 40.1 Å². The van der Waals surface area contributed by atoms with Gasteiger partial charge in [0.2, 0.25) is 0 Å². The number of benzene rings is 1. The van der Waals surface area contributed by atoms with Gasteiger partial charge < -0.3 is 20.3 Å². The fourth-order valence-electron chi connectivity index (χ4n) is 5.28. The fourth-order valence-corrected chi connectivity index (χ4v) is 5.28. The number of aromatic nitrogens is 1. The molecule has 1 aromatic heterocycles. The van der Waals surface area contributed by atoms with Gasteiger partial charge >= 0.3 is 0 Å². The molecule has 1 aliphatic heterocycles. The number of hydrogen-bond donors (Lipinski definition) is 3. The lowest BCUT2D eigenvalue weighted by molar-refractivity contribution is 0.134. The summed E-state index contributed by atoms with van der Waals surface area (Å²) in [6.07, 6.45) is 10.9. The quantitative estimate of drug-likeness (QED) is 0.256. The minimum Gasteiger partial charge on any atom is -0.489 e. The van der Waals surface area contributed by atoms with Gasteiger partial charge in [-0.15, -0.1) is 11.8 Å². The number of ether oxygens (including phenoxy) is 1. The molecule has 0 spiro atoms. The molecule has 2 heterocycles. The van der Waals surface area contributed by atoms with E-state index in [1.165, 1.54) is 16.7 Å². The molecule has 35 heavy (non-hydrogen) atoms. The zero-order chi connectivity index (χ0) is 24.6. The third-order valence-electron chi connectivity index (χ3n) is 7.33. The molecule has 186 valence electrons. The molecule has 1 saturated carbocycles. The number of pyridine rings is 1. The second-order valence-corrected chi connectivity index (χ2v) is 9.87. The van der Waals surface area contributed by atoms with Crippen LogP contribution in [0, 0.1) is 23.7 Å². The Labute approximate surface area is 209 Å². The average Bonchev–Trinajstić information content (AvgIpc) is 3.38. The summed E-state index contributed by atoms with van der Waals surface area (Å²) >= 11 is 0. The molecular weight excluding hydrogens is 436 g/mol. The van der Waals surface area contributed by atoms with Crippen molar-refractivity contribution in [3.63, 3.8) is 0 Å². The maximum absolute atomic E-state index is 10.7. The molecule has 1 fully saturated rings. The number of rotatable bonds is 11. The van der Waals surface area contributed by atoms with E-state index in [4.69, 9.17) is 4.74 Å².